The van der Waals surface area contributed by atoms with Crippen molar-refractivity contribution in [2.24, 2.45) is 0 Å². The number of aromatic hydroxyl groups is 1. The van der Waals surface area contributed by atoms with Crippen LogP contribution in [0.15, 0.2) is 46.2 Å². The van der Waals surface area contributed by atoms with Gasteiger partial charge in [0.25, 0.3) is 11.8 Å². The van der Waals surface area contributed by atoms with Crippen LogP contribution in [0.5, 0.6) is 5.75 Å². The number of hydrogen-bond acceptors (Lipinski definition) is 7. The fourth-order valence-electron chi connectivity index (χ4n) is 1.82. The van der Waals surface area contributed by atoms with Gasteiger partial charge in [-0.2, -0.15) is 0 Å². The second kappa shape index (κ2) is 5.98. The van der Waals surface area contributed by atoms with Crippen LogP contribution in [0.2, 0.25) is 0 Å². The smallest absolute Gasteiger partial charge is 0.342 e. The first-order valence-electron chi connectivity index (χ1n) is 6.51. The molecule has 1 atom stereocenters. The van der Waals surface area contributed by atoms with Crippen molar-refractivity contribution in [2.45, 2.75) is 13.0 Å². The van der Waals surface area contributed by atoms with Crippen LogP contribution in [0.25, 0.3) is 10.8 Å². The fraction of sp³-hybridized carbons (Fsp3) is 0.133. The molecule has 7 heteroatoms. The second-order valence-corrected chi connectivity index (χ2v) is 5.44. The summed E-state index contributed by atoms with van der Waals surface area (Å²) in [6, 6.07) is 9.91. The average Bonchev–Trinajstić information content (AvgIpc) is 3.18. The molecule has 2 heterocycles. The Balaban J connectivity index is 1.74. The fourth-order valence-corrected chi connectivity index (χ4v) is 2.46. The van der Waals surface area contributed by atoms with E-state index in [2.05, 4.69) is 10.2 Å². The molecule has 22 heavy (non-hydrogen) atoms. The van der Waals surface area contributed by atoms with Gasteiger partial charge in [0, 0.05) is 0 Å². The third-order valence-corrected chi connectivity index (χ3v) is 3.79. The summed E-state index contributed by atoms with van der Waals surface area (Å²) in [5.41, 5.74) is 0.0901. The van der Waals surface area contributed by atoms with Gasteiger partial charge in [0.2, 0.25) is 0 Å². The average molecular weight is 316 g/mol. The van der Waals surface area contributed by atoms with Gasteiger partial charge in [-0.1, -0.05) is 18.2 Å². The van der Waals surface area contributed by atoms with Gasteiger partial charge in [-0.05, 0) is 30.5 Å². The number of aromatic nitrogens is 2. The van der Waals surface area contributed by atoms with Crippen molar-refractivity contribution in [1.29, 1.82) is 0 Å². The van der Waals surface area contributed by atoms with Crippen molar-refractivity contribution < 1.29 is 19.1 Å². The molecule has 0 amide bonds. The van der Waals surface area contributed by atoms with Crippen molar-refractivity contribution in [3.63, 3.8) is 0 Å². The zero-order valence-electron chi connectivity index (χ0n) is 11.6. The maximum Gasteiger partial charge on any atom is 0.342 e. The van der Waals surface area contributed by atoms with Crippen LogP contribution in [-0.2, 0) is 4.74 Å². The molecule has 0 aliphatic carbocycles. The number of carbonyl (C=O) groups is 1. The summed E-state index contributed by atoms with van der Waals surface area (Å²) in [5.74, 6) is -0.200. The molecule has 0 saturated heterocycles. The zero-order valence-corrected chi connectivity index (χ0v) is 12.4. The van der Waals surface area contributed by atoms with E-state index < -0.39 is 12.1 Å². The minimum Gasteiger partial charge on any atom is -0.507 e. The van der Waals surface area contributed by atoms with Crippen LogP contribution in [0.1, 0.15) is 29.3 Å². The molecule has 112 valence electrons. The molecule has 1 aromatic carbocycles. The van der Waals surface area contributed by atoms with Gasteiger partial charge < -0.3 is 14.3 Å². The third kappa shape index (κ3) is 2.84. The standard InChI is InChI=1S/C15H12N2O4S/c1-9(20-15(19)10-5-2-3-6-11(10)18)13-16-17-14(21-13)12-7-4-8-22-12/h2-9,18H,1H3/t9-/m1/s1. The van der Waals surface area contributed by atoms with E-state index in [1.807, 2.05) is 17.5 Å². The van der Waals surface area contributed by atoms with E-state index in [0.717, 1.165) is 4.88 Å². The lowest BCUT2D eigenvalue weighted by Gasteiger charge is -2.10. The summed E-state index contributed by atoms with van der Waals surface area (Å²) in [5, 5.41) is 19.4. The summed E-state index contributed by atoms with van der Waals surface area (Å²) >= 11 is 1.48. The van der Waals surface area contributed by atoms with Gasteiger partial charge >= 0.3 is 5.97 Å². The Morgan fingerprint density at radius 3 is 2.82 bits per heavy atom. The molecule has 0 fully saturated rings. The van der Waals surface area contributed by atoms with Crippen LogP contribution in [0.3, 0.4) is 0 Å². The highest BCUT2D eigenvalue weighted by molar-refractivity contribution is 7.13. The Kier molecular flexibility index (Phi) is 3.88. The van der Waals surface area contributed by atoms with Crippen molar-refractivity contribution in [2.75, 3.05) is 0 Å². The molecule has 6 nitrogen and oxygen atoms in total. The summed E-state index contributed by atoms with van der Waals surface area (Å²) in [4.78, 5) is 12.9. The van der Waals surface area contributed by atoms with Gasteiger partial charge in [-0.25, -0.2) is 4.79 Å². The minimum absolute atomic E-state index is 0.0901. The highest BCUT2D eigenvalue weighted by atomic mass is 32.1. The van der Waals surface area contributed by atoms with Crippen LogP contribution < -0.4 is 0 Å². The number of nitrogens with zero attached hydrogens (tertiary/aromatic N) is 2. The molecule has 1 N–H and O–H groups in total. The molecule has 0 saturated carbocycles. The van der Waals surface area contributed by atoms with Crippen LogP contribution in [0.4, 0.5) is 0 Å². The number of rotatable bonds is 4. The number of phenolic OH excluding ortho intramolecular Hbond substituents is 1. The molecule has 3 aromatic rings. The molecular formula is C15H12N2O4S. The summed E-state index contributed by atoms with van der Waals surface area (Å²) in [6.45, 7) is 1.63. The Labute approximate surface area is 130 Å². The van der Waals surface area contributed by atoms with Crippen LogP contribution in [0, 0.1) is 0 Å². The first-order valence-corrected chi connectivity index (χ1v) is 7.39. The molecule has 0 radical (unpaired) electrons. The molecular weight excluding hydrogens is 304 g/mol. The van der Waals surface area contributed by atoms with Crippen LogP contribution in [-0.4, -0.2) is 21.3 Å². The van der Waals surface area contributed by atoms with Crippen molar-refractivity contribution in [1.82, 2.24) is 10.2 Å². The Bertz CT molecular complexity index is 782. The molecule has 0 aliphatic rings. The SMILES string of the molecule is C[C@@H](OC(=O)c1ccccc1O)c1nnc(-c2cccs2)o1. The lowest BCUT2D eigenvalue weighted by molar-refractivity contribution is 0.0277. The van der Waals surface area contributed by atoms with E-state index in [9.17, 15) is 9.90 Å². The number of para-hydroxylation sites is 1. The topological polar surface area (TPSA) is 85.5 Å². The van der Waals surface area contributed by atoms with Gasteiger partial charge in [0.1, 0.15) is 11.3 Å². The summed E-state index contributed by atoms with van der Waals surface area (Å²) in [7, 11) is 0. The van der Waals surface area contributed by atoms with E-state index in [1.54, 1.807) is 19.1 Å². The number of phenols is 1. The lowest BCUT2D eigenvalue weighted by atomic mass is 10.2. The number of carbonyl (C=O) groups excluding carboxylic acids is 1. The van der Waals surface area contributed by atoms with Crippen molar-refractivity contribution in [3.05, 3.63) is 53.2 Å². The largest absolute Gasteiger partial charge is 0.507 e. The highest BCUT2D eigenvalue weighted by Gasteiger charge is 2.21. The molecule has 3 rings (SSSR count). The van der Waals surface area contributed by atoms with Gasteiger partial charge in [-0.15, -0.1) is 21.5 Å². The molecule has 0 bridgehead atoms. The first-order chi connectivity index (χ1) is 10.6. The number of benzene rings is 1. The zero-order chi connectivity index (χ0) is 15.5. The predicted molar refractivity (Wildman–Crippen MR) is 79.5 cm³/mol. The minimum atomic E-state index is -0.715. The normalized spacial score (nSPS) is 12.0. The summed E-state index contributed by atoms with van der Waals surface area (Å²) < 4.78 is 10.7. The van der Waals surface area contributed by atoms with Crippen molar-refractivity contribution in [3.8, 4) is 16.5 Å². The molecule has 0 spiro atoms. The number of ether oxygens (including phenoxy) is 1. The predicted octanol–water partition coefficient (Wildman–Crippen LogP) is 3.42. The third-order valence-electron chi connectivity index (χ3n) is 2.93. The highest BCUT2D eigenvalue weighted by Crippen LogP contribution is 2.27. The van der Waals surface area contributed by atoms with E-state index in [1.165, 1.54) is 23.5 Å². The van der Waals surface area contributed by atoms with Gasteiger partial charge in [-0.3, -0.25) is 0 Å². The maximum atomic E-state index is 12.0. The molecule has 0 aliphatic heterocycles. The second-order valence-electron chi connectivity index (χ2n) is 4.49. The quantitative estimate of drug-likeness (QED) is 0.742. The molecule has 2 aromatic heterocycles. The molecule has 0 unspecified atom stereocenters. The Morgan fingerprint density at radius 1 is 1.27 bits per heavy atom. The monoisotopic (exact) mass is 316 g/mol. The maximum absolute atomic E-state index is 12.0. The van der Waals surface area contributed by atoms with E-state index >= 15 is 0 Å². The Hall–Kier alpha value is -2.67. The number of esters is 1. The lowest BCUT2D eigenvalue weighted by Crippen LogP contribution is -2.09. The van der Waals surface area contributed by atoms with Crippen molar-refractivity contribution >= 4 is 17.3 Å². The van der Waals surface area contributed by atoms with Gasteiger partial charge in [0.05, 0.1) is 4.88 Å². The summed E-state index contributed by atoms with van der Waals surface area (Å²) in [6.07, 6.45) is -0.715. The van der Waals surface area contributed by atoms with Crippen LogP contribution >= 0.6 is 11.3 Å². The number of thiophene rings is 1. The van der Waals surface area contributed by atoms with E-state index in [4.69, 9.17) is 9.15 Å². The van der Waals surface area contributed by atoms with Gasteiger partial charge in [0.15, 0.2) is 6.10 Å². The Morgan fingerprint density at radius 2 is 2.09 bits per heavy atom. The first kappa shape index (κ1) is 14.3. The van der Waals surface area contributed by atoms with E-state index in [-0.39, 0.29) is 17.2 Å². The number of hydrogen-bond donors (Lipinski definition) is 1. The van der Waals surface area contributed by atoms with E-state index in [0.29, 0.717) is 5.89 Å².